The summed E-state index contributed by atoms with van der Waals surface area (Å²) in [5.74, 6) is 2.48. The number of hydrogen-bond acceptors (Lipinski definition) is 2. The highest BCUT2D eigenvalue weighted by Gasteiger charge is 2.04. The van der Waals surface area contributed by atoms with E-state index in [1.54, 1.807) is 19.1 Å². The van der Waals surface area contributed by atoms with Gasteiger partial charge in [0, 0.05) is 0 Å². The van der Waals surface area contributed by atoms with Gasteiger partial charge in [-0.3, -0.25) is 4.79 Å². The highest BCUT2D eigenvalue weighted by atomic mass is 16.3. The maximum atomic E-state index is 10.7. The molecule has 0 saturated carbocycles. The molecular weight excluding hydrogens is 128 g/mol. The third kappa shape index (κ3) is 1.08. The smallest absolute Gasteiger partial charge is 0.270 e. The average Bonchev–Trinajstić information content (AvgIpc) is 2.34. The summed E-state index contributed by atoms with van der Waals surface area (Å²) in [7, 11) is 0. The molecule has 0 atom stereocenters. The minimum absolute atomic E-state index is 0.236. The number of ketones is 1. The Morgan fingerprint density at radius 1 is 1.70 bits per heavy atom. The van der Waals surface area contributed by atoms with Crippen LogP contribution < -0.4 is 0 Å². The van der Waals surface area contributed by atoms with Gasteiger partial charge in [0.15, 0.2) is 5.76 Å². The molecule has 2 heteroatoms. The lowest BCUT2D eigenvalue weighted by molar-refractivity contribution is 0.103. The monoisotopic (exact) mass is 134 g/mol. The summed E-state index contributed by atoms with van der Waals surface area (Å²) in [6.07, 6.45) is 4.85. The molecule has 0 N–H and O–H groups in total. The second kappa shape index (κ2) is 2.40. The van der Waals surface area contributed by atoms with Crippen molar-refractivity contribution in [3.8, 4) is 12.3 Å². The zero-order valence-corrected chi connectivity index (χ0v) is 5.55. The van der Waals surface area contributed by atoms with Crippen LogP contribution in [0.25, 0.3) is 0 Å². The number of Topliss-reactive ketones (excluding diaryl/α,β-unsaturated/α-hetero) is 1. The first-order valence-corrected chi connectivity index (χ1v) is 2.81. The maximum Gasteiger partial charge on any atom is 0.270 e. The third-order valence-corrected chi connectivity index (χ3v) is 1.10. The fourth-order valence-corrected chi connectivity index (χ4v) is 0.628. The SMILES string of the molecule is C#CC(=O)c1ccc(C)o1. The minimum atomic E-state index is -0.409. The van der Waals surface area contributed by atoms with E-state index in [2.05, 4.69) is 0 Å². The molecule has 1 heterocycles. The first-order valence-electron chi connectivity index (χ1n) is 2.81. The Morgan fingerprint density at radius 2 is 2.40 bits per heavy atom. The summed E-state index contributed by atoms with van der Waals surface area (Å²) >= 11 is 0. The second-order valence-corrected chi connectivity index (χ2v) is 1.88. The number of carbonyl (C=O) groups is 1. The van der Waals surface area contributed by atoms with Gasteiger partial charge in [-0.25, -0.2) is 0 Å². The second-order valence-electron chi connectivity index (χ2n) is 1.88. The molecule has 0 aromatic carbocycles. The van der Waals surface area contributed by atoms with Gasteiger partial charge in [-0.2, -0.15) is 0 Å². The summed E-state index contributed by atoms with van der Waals surface area (Å²) in [6.45, 7) is 1.76. The minimum Gasteiger partial charge on any atom is -0.457 e. The van der Waals surface area contributed by atoms with Gasteiger partial charge in [0.25, 0.3) is 5.78 Å². The predicted octanol–water partition coefficient (Wildman–Crippen LogP) is 1.40. The van der Waals surface area contributed by atoms with Gasteiger partial charge in [-0.1, -0.05) is 0 Å². The van der Waals surface area contributed by atoms with Crippen molar-refractivity contribution in [1.82, 2.24) is 0 Å². The largest absolute Gasteiger partial charge is 0.457 e. The van der Waals surface area contributed by atoms with Gasteiger partial charge in [0.1, 0.15) is 5.76 Å². The van der Waals surface area contributed by atoms with Crippen LogP contribution in [0.15, 0.2) is 16.5 Å². The lowest BCUT2D eigenvalue weighted by Crippen LogP contribution is -1.89. The summed E-state index contributed by atoms with van der Waals surface area (Å²) in [4.78, 5) is 10.7. The van der Waals surface area contributed by atoms with Gasteiger partial charge in [-0.15, -0.1) is 6.42 Å². The summed E-state index contributed by atoms with van der Waals surface area (Å²) < 4.78 is 4.94. The van der Waals surface area contributed by atoms with Gasteiger partial charge in [0.05, 0.1) is 0 Å². The Labute approximate surface area is 58.8 Å². The van der Waals surface area contributed by atoms with Crippen molar-refractivity contribution in [3.05, 3.63) is 23.7 Å². The van der Waals surface area contributed by atoms with Crippen LogP contribution in [-0.2, 0) is 0 Å². The van der Waals surface area contributed by atoms with Gasteiger partial charge >= 0.3 is 0 Å². The van der Waals surface area contributed by atoms with E-state index in [0.717, 1.165) is 0 Å². The molecule has 1 aromatic rings. The molecule has 0 aliphatic heterocycles. The molecule has 0 aliphatic carbocycles. The number of terminal acetylenes is 1. The zero-order valence-electron chi connectivity index (χ0n) is 5.55. The van der Waals surface area contributed by atoms with Gasteiger partial charge < -0.3 is 4.42 Å². The molecule has 0 aliphatic rings. The van der Waals surface area contributed by atoms with Crippen LogP contribution in [0.4, 0.5) is 0 Å². The van der Waals surface area contributed by atoms with Crippen molar-refractivity contribution in [2.45, 2.75) is 6.92 Å². The Bertz CT molecular complexity index is 288. The van der Waals surface area contributed by atoms with Crippen LogP contribution in [-0.4, -0.2) is 5.78 Å². The summed E-state index contributed by atoms with van der Waals surface area (Å²) in [5, 5.41) is 0. The molecule has 0 saturated heterocycles. The molecule has 0 radical (unpaired) electrons. The van der Waals surface area contributed by atoms with Crippen molar-refractivity contribution < 1.29 is 9.21 Å². The Balaban J connectivity index is 2.98. The predicted molar refractivity (Wildman–Crippen MR) is 36.6 cm³/mol. The van der Waals surface area contributed by atoms with E-state index in [9.17, 15) is 4.79 Å². The lowest BCUT2D eigenvalue weighted by Gasteiger charge is -1.82. The van der Waals surface area contributed by atoms with Crippen LogP contribution >= 0.6 is 0 Å². The van der Waals surface area contributed by atoms with Crippen molar-refractivity contribution in [3.63, 3.8) is 0 Å². The van der Waals surface area contributed by atoms with Crippen LogP contribution in [0.2, 0.25) is 0 Å². The highest BCUT2D eigenvalue weighted by Crippen LogP contribution is 2.05. The van der Waals surface area contributed by atoms with E-state index in [0.29, 0.717) is 5.76 Å². The first kappa shape index (κ1) is 6.63. The van der Waals surface area contributed by atoms with Crippen molar-refractivity contribution in [1.29, 1.82) is 0 Å². The normalized spacial score (nSPS) is 8.80. The quantitative estimate of drug-likeness (QED) is 0.330. The fraction of sp³-hybridized carbons (Fsp3) is 0.125. The van der Waals surface area contributed by atoms with E-state index >= 15 is 0 Å². The number of rotatable bonds is 1. The molecular formula is C8H6O2. The molecule has 10 heavy (non-hydrogen) atoms. The Hall–Kier alpha value is -1.49. The van der Waals surface area contributed by atoms with E-state index in [1.807, 2.05) is 5.92 Å². The molecule has 50 valence electrons. The van der Waals surface area contributed by atoms with Crippen LogP contribution in [0.3, 0.4) is 0 Å². The van der Waals surface area contributed by atoms with Crippen LogP contribution in [0.5, 0.6) is 0 Å². The molecule has 0 unspecified atom stereocenters. The van der Waals surface area contributed by atoms with E-state index in [4.69, 9.17) is 10.8 Å². The number of furan rings is 1. The van der Waals surface area contributed by atoms with Crippen molar-refractivity contribution in [2.24, 2.45) is 0 Å². The van der Waals surface area contributed by atoms with E-state index in [-0.39, 0.29) is 5.76 Å². The fourth-order valence-electron chi connectivity index (χ4n) is 0.628. The van der Waals surface area contributed by atoms with Crippen molar-refractivity contribution in [2.75, 3.05) is 0 Å². The molecule has 2 nitrogen and oxygen atoms in total. The summed E-state index contributed by atoms with van der Waals surface area (Å²) in [6, 6.07) is 3.27. The summed E-state index contributed by atoms with van der Waals surface area (Å²) in [5.41, 5.74) is 0. The van der Waals surface area contributed by atoms with Gasteiger partial charge in [-0.05, 0) is 25.0 Å². The number of hydrogen-bond donors (Lipinski definition) is 0. The topological polar surface area (TPSA) is 30.2 Å². The Kier molecular flexibility index (Phi) is 1.59. The van der Waals surface area contributed by atoms with Crippen molar-refractivity contribution >= 4 is 5.78 Å². The number of carbonyl (C=O) groups excluding carboxylic acids is 1. The average molecular weight is 134 g/mol. The molecule has 1 rings (SSSR count). The molecule has 0 spiro atoms. The molecule has 0 amide bonds. The maximum absolute atomic E-state index is 10.7. The molecule has 1 aromatic heterocycles. The molecule has 0 bridgehead atoms. The van der Waals surface area contributed by atoms with Gasteiger partial charge in [0.2, 0.25) is 0 Å². The lowest BCUT2D eigenvalue weighted by atomic mass is 10.3. The van der Waals surface area contributed by atoms with Crippen LogP contribution in [0, 0.1) is 19.3 Å². The van der Waals surface area contributed by atoms with E-state index < -0.39 is 5.78 Å². The first-order chi connectivity index (χ1) is 4.74. The highest BCUT2D eigenvalue weighted by molar-refractivity contribution is 6.06. The Morgan fingerprint density at radius 3 is 2.80 bits per heavy atom. The van der Waals surface area contributed by atoms with E-state index in [1.165, 1.54) is 0 Å². The van der Waals surface area contributed by atoms with Crippen LogP contribution in [0.1, 0.15) is 16.3 Å². The zero-order chi connectivity index (χ0) is 7.56. The molecule has 0 fully saturated rings. The standard InChI is InChI=1S/C8H6O2/c1-3-7(9)8-5-4-6(2)10-8/h1,4-5H,2H3. The third-order valence-electron chi connectivity index (χ3n) is 1.10. The number of aryl methyl sites for hydroxylation is 1.